The topological polar surface area (TPSA) is 42.7 Å². The highest BCUT2D eigenvalue weighted by Gasteiger charge is 2.08. The highest BCUT2D eigenvalue weighted by atomic mass is 79.9. The molecule has 0 amide bonds. The van der Waals surface area contributed by atoms with Gasteiger partial charge < -0.3 is 5.32 Å². The van der Waals surface area contributed by atoms with E-state index in [0.717, 1.165) is 16.7 Å². The summed E-state index contributed by atoms with van der Waals surface area (Å²) in [5, 5.41) is 11.3. The average Bonchev–Trinajstić information content (AvgIpc) is 2.80. The Morgan fingerprint density at radius 3 is 2.95 bits per heavy atom. The number of nitrogens with zero attached hydrogens (tertiary/aromatic N) is 3. The molecule has 0 bridgehead atoms. The van der Waals surface area contributed by atoms with Crippen molar-refractivity contribution in [2.75, 3.05) is 6.54 Å². The van der Waals surface area contributed by atoms with Gasteiger partial charge in [-0.1, -0.05) is 35.0 Å². The molecule has 0 spiro atoms. The first-order chi connectivity index (χ1) is 9.06. The Morgan fingerprint density at radius 2 is 2.21 bits per heavy atom. The van der Waals surface area contributed by atoms with Gasteiger partial charge in [0.1, 0.15) is 11.5 Å². The molecule has 0 radical (unpaired) electrons. The summed E-state index contributed by atoms with van der Waals surface area (Å²) in [4.78, 5) is 0. The number of hydrogen-bond acceptors (Lipinski definition) is 3. The van der Waals surface area contributed by atoms with Gasteiger partial charge in [0.05, 0.1) is 11.9 Å². The summed E-state index contributed by atoms with van der Waals surface area (Å²) in [5.41, 5.74) is 1.18. The lowest BCUT2D eigenvalue weighted by molar-refractivity contribution is 0.548. The molecule has 6 heteroatoms. The van der Waals surface area contributed by atoms with E-state index >= 15 is 0 Å². The van der Waals surface area contributed by atoms with E-state index in [2.05, 4.69) is 45.4 Å². The van der Waals surface area contributed by atoms with Gasteiger partial charge in [-0.3, -0.25) is 0 Å². The molecule has 1 aromatic carbocycles. The lowest BCUT2D eigenvalue weighted by Gasteiger charge is -2.04. The van der Waals surface area contributed by atoms with E-state index in [1.807, 2.05) is 0 Å². The van der Waals surface area contributed by atoms with Gasteiger partial charge in [0.15, 0.2) is 0 Å². The Kier molecular flexibility index (Phi) is 4.66. The maximum absolute atomic E-state index is 13.7. The first-order valence-corrected chi connectivity index (χ1v) is 6.93. The Labute approximate surface area is 120 Å². The van der Waals surface area contributed by atoms with Crippen LogP contribution in [0.5, 0.6) is 0 Å². The minimum absolute atomic E-state index is 0.324. The molecule has 1 N–H and O–H groups in total. The zero-order chi connectivity index (χ0) is 13.8. The fraction of sp³-hybridized carbons (Fsp3) is 0.385. The quantitative estimate of drug-likeness (QED) is 0.918. The van der Waals surface area contributed by atoms with Crippen molar-refractivity contribution < 1.29 is 4.39 Å². The normalized spacial score (nSPS) is 11.2. The van der Waals surface area contributed by atoms with Crippen LogP contribution in [0, 0.1) is 11.7 Å². The van der Waals surface area contributed by atoms with Gasteiger partial charge in [-0.25, -0.2) is 9.07 Å². The van der Waals surface area contributed by atoms with Gasteiger partial charge in [-0.15, -0.1) is 5.10 Å². The third-order valence-electron chi connectivity index (χ3n) is 2.55. The zero-order valence-electron chi connectivity index (χ0n) is 10.9. The van der Waals surface area contributed by atoms with E-state index in [1.165, 1.54) is 10.7 Å². The van der Waals surface area contributed by atoms with Crippen LogP contribution in [-0.2, 0) is 6.54 Å². The molecule has 0 saturated carbocycles. The van der Waals surface area contributed by atoms with Crippen molar-refractivity contribution in [2.45, 2.75) is 20.4 Å². The number of halogens is 2. The van der Waals surface area contributed by atoms with Gasteiger partial charge in [-0.2, -0.15) is 0 Å². The average molecular weight is 327 g/mol. The van der Waals surface area contributed by atoms with Gasteiger partial charge >= 0.3 is 0 Å². The van der Waals surface area contributed by atoms with Crippen LogP contribution in [0.1, 0.15) is 19.5 Å². The SMILES string of the molecule is CC(C)CNCc1cn(-c2cc(Br)ccc2F)nn1. The molecule has 0 unspecified atom stereocenters. The van der Waals surface area contributed by atoms with Crippen LogP contribution >= 0.6 is 15.9 Å². The summed E-state index contributed by atoms with van der Waals surface area (Å²) in [6, 6.07) is 4.73. The minimum Gasteiger partial charge on any atom is -0.311 e. The zero-order valence-corrected chi connectivity index (χ0v) is 12.5. The first kappa shape index (κ1) is 14.1. The molecule has 1 aromatic heterocycles. The smallest absolute Gasteiger partial charge is 0.148 e. The predicted molar refractivity (Wildman–Crippen MR) is 75.6 cm³/mol. The molecule has 102 valence electrons. The Hall–Kier alpha value is -1.27. The van der Waals surface area contributed by atoms with Crippen molar-refractivity contribution in [3.63, 3.8) is 0 Å². The van der Waals surface area contributed by atoms with Gasteiger partial charge in [0.25, 0.3) is 0 Å². The van der Waals surface area contributed by atoms with Crippen molar-refractivity contribution in [2.24, 2.45) is 5.92 Å². The third kappa shape index (κ3) is 3.84. The number of hydrogen-bond donors (Lipinski definition) is 1. The van der Waals surface area contributed by atoms with Crippen molar-refractivity contribution in [1.29, 1.82) is 0 Å². The van der Waals surface area contributed by atoms with Crippen molar-refractivity contribution in [3.8, 4) is 5.69 Å². The second-order valence-corrected chi connectivity index (χ2v) is 5.69. The highest BCUT2D eigenvalue weighted by molar-refractivity contribution is 9.10. The monoisotopic (exact) mass is 326 g/mol. The number of nitrogens with one attached hydrogen (secondary N) is 1. The van der Waals surface area contributed by atoms with E-state index < -0.39 is 0 Å². The Bertz CT molecular complexity index is 553. The van der Waals surface area contributed by atoms with E-state index in [9.17, 15) is 4.39 Å². The van der Waals surface area contributed by atoms with Crippen LogP contribution in [0.4, 0.5) is 4.39 Å². The predicted octanol–water partition coefficient (Wildman–Crippen LogP) is 2.91. The van der Waals surface area contributed by atoms with E-state index in [1.54, 1.807) is 18.3 Å². The van der Waals surface area contributed by atoms with Crippen LogP contribution in [0.3, 0.4) is 0 Å². The summed E-state index contributed by atoms with van der Waals surface area (Å²) < 4.78 is 16.0. The Morgan fingerprint density at radius 1 is 1.42 bits per heavy atom. The molecular formula is C13H16BrFN4. The number of aromatic nitrogens is 3. The molecule has 1 heterocycles. The van der Waals surface area contributed by atoms with Crippen LogP contribution in [-0.4, -0.2) is 21.5 Å². The molecular weight excluding hydrogens is 311 g/mol. The maximum atomic E-state index is 13.7. The largest absolute Gasteiger partial charge is 0.311 e. The fourth-order valence-electron chi connectivity index (χ4n) is 1.65. The van der Waals surface area contributed by atoms with Crippen molar-refractivity contribution in [3.05, 3.63) is 40.4 Å². The highest BCUT2D eigenvalue weighted by Crippen LogP contribution is 2.18. The van der Waals surface area contributed by atoms with Gasteiger partial charge in [-0.05, 0) is 30.7 Å². The summed E-state index contributed by atoms with van der Waals surface area (Å²) in [6.45, 7) is 5.83. The number of rotatable bonds is 5. The maximum Gasteiger partial charge on any atom is 0.148 e. The molecule has 0 saturated heterocycles. The van der Waals surface area contributed by atoms with Crippen LogP contribution in [0.25, 0.3) is 5.69 Å². The molecule has 4 nitrogen and oxygen atoms in total. The molecule has 2 aromatic rings. The summed E-state index contributed by atoms with van der Waals surface area (Å²) >= 11 is 3.32. The lowest BCUT2D eigenvalue weighted by Crippen LogP contribution is -2.19. The second-order valence-electron chi connectivity index (χ2n) is 4.77. The van der Waals surface area contributed by atoms with E-state index in [0.29, 0.717) is 18.2 Å². The third-order valence-corrected chi connectivity index (χ3v) is 3.05. The molecule has 2 rings (SSSR count). The minimum atomic E-state index is -0.324. The van der Waals surface area contributed by atoms with Crippen molar-refractivity contribution in [1.82, 2.24) is 20.3 Å². The van der Waals surface area contributed by atoms with Crippen LogP contribution in [0.2, 0.25) is 0 Å². The second kappa shape index (κ2) is 6.25. The summed E-state index contributed by atoms with van der Waals surface area (Å²) in [7, 11) is 0. The molecule has 0 aliphatic heterocycles. The fourth-order valence-corrected chi connectivity index (χ4v) is 2.00. The molecule has 0 aliphatic rings. The molecule has 0 atom stereocenters. The van der Waals surface area contributed by atoms with Crippen molar-refractivity contribution >= 4 is 15.9 Å². The molecule has 0 aliphatic carbocycles. The molecule has 19 heavy (non-hydrogen) atoms. The van der Waals surface area contributed by atoms with Gasteiger partial charge in [0.2, 0.25) is 0 Å². The number of benzene rings is 1. The van der Waals surface area contributed by atoms with Crippen LogP contribution < -0.4 is 5.32 Å². The first-order valence-electron chi connectivity index (χ1n) is 6.13. The Balaban J connectivity index is 2.10. The lowest BCUT2D eigenvalue weighted by atomic mass is 10.2. The van der Waals surface area contributed by atoms with Gasteiger partial charge in [0, 0.05) is 11.0 Å². The molecule has 0 fully saturated rings. The summed E-state index contributed by atoms with van der Waals surface area (Å²) in [6.07, 6.45) is 1.73. The summed E-state index contributed by atoms with van der Waals surface area (Å²) in [5.74, 6) is 0.257. The van der Waals surface area contributed by atoms with E-state index in [4.69, 9.17) is 0 Å². The van der Waals surface area contributed by atoms with Crippen LogP contribution in [0.15, 0.2) is 28.9 Å². The standard InChI is InChI=1S/C13H16BrFN4/c1-9(2)6-16-7-11-8-19(18-17-11)13-5-10(14)3-4-12(13)15/h3-5,8-9,16H,6-7H2,1-2H3. The van der Waals surface area contributed by atoms with E-state index in [-0.39, 0.29) is 5.82 Å².